The third kappa shape index (κ3) is 2.88. The SMILES string of the molecule is Cc1cc(CO)ccc1NC(=O)C(=O)CN. The zero-order chi connectivity index (χ0) is 12.1. The van der Waals surface area contributed by atoms with Gasteiger partial charge >= 0.3 is 0 Å². The minimum Gasteiger partial charge on any atom is -0.392 e. The van der Waals surface area contributed by atoms with E-state index in [4.69, 9.17) is 10.8 Å². The molecule has 1 amide bonds. The Kier molecular flexibility index (Phi) is 4.16. The Morgan fingerprint density at radius 3 is 2.62 bits per heavy atom. The van der Waals surface area contributed by atoms with Gasteiger partial charge in [0.15, 0.2) is 0 Å². The third-order valence-corrected chi connectivity index (χ3v) is 2.16. The van der Waals surface area contributed by atoms with E-state index in [1.165, 1.54) is 0 Å². The van der Waals surface area contributed by atoms with Crippen LogP contribution in [0.2, 0.25) is 0 Å². The smallest absolute Gasteiger partial charge is 0.293 e. The minimum atomic E-state index is -0.720. The summed E-state index contributed by atoms with van der Waals surface area (Å²) < 4.78 is 0. The molecule has 5 heteroatoms. The number of nitrogens with two attached hydrogens (primary N) is 1. The lowest BCUT2D eigenvalue weighted by molar-refractivity contribution is -0.133. The van der Waals surface area contributed by atoms with Gasteiger partial charge in [-0.1, -0.05) is 12.1 Å². The van der Waals surface area contributed by atoms with Crippen molar-refractivity contribution in [3.05, 3.63) is 29.3 Å². The van der Waals surface area contributed by atoms with Gasteiger partial charge in [-0.25, -0.2) is 0 Å². The Balaban J connectivity index is 2.82. The molecule has 0 saturated heterocycles. The summed E-state index contributed by atoms with van der Waals surface area (Å²) in [5.41, 5.74) is 7.14. The lowest BCUT2D eigenvalue weighted by Crippen LogP contribution is -2.29. The summed E-state index contributed by atoms with van der Waals surface area (Å²) >= 11 is 0. The fraction of sp³-hybridized carbons (Fsp3) is 0.273. The van der Waals surface area contributed by atoms with Crippen molar-refractivity contribution in [2.45, 2.75) is 13.5 Å². The summed E-state index contributed by atoms with van der Waals surface area (Å²) in [6.07, 6.45) is 0. The van der Waals surface area contributed by atoms with Crippen molar-refractivity contribution in [2.75, 3.05) is 11.9 Å². The van der Waals surface area contributed by atoms with Crippen molar-refractivity contribution in [3.63, 3.8) is 0 Å². The topological polar surface area (TPSA) is 92.4 Å². The summed E-state index contributed by atoms with van der Waals surface area (Å²) in [6, 6.07) is 5.06. The van der Waals surface area contributed by atoms with Gasteiger partial charge in [0.25, 0.3) is 5.91 Å². The fourth-order valence-corrected chi connectivity index (χ4v) is 1.25. The van der Waals surface area contributed by atoms with Crippen LogP contribution < -0.4 is 11.1 Å². The van der Waals surface area contributed by atoms with Crippen molar-refractivity contribution in [1.82, 2.24) is 0 Å². The highest BCUT2D eigenvalue weighted by atomic mass is 16.3. The van der Waals surface area contributed by atoms with E-state index in [0.29, 0.717) is 5.69 Å². The van der Waals surface area contributed by atoms with E-state index in [1.54, 1.807) is 25.1 Å². The first-order chi connectivity index (χ1) is 7.58. The second-order valence-corrected chi connectivity index (χ2v) is 3.39. The number of anilines is 1. The molecule has 1 aromatic carbocycles. The van der Waals surface area contributed by atoms with Crippen LogP contribution in [0.25, 0.3) is 0 Å². The van der Waals surface area contributed by atoms with E-state index in [1.807, 2.05) is 0 Å². The predicted octanol–water partition coefficient (Wildman–Crippen LogP) is -0.0464. The number of aliphatic hydroxyl groups is 1. The maximum Gasteiger partial charge on any atom is 0.293 e. The van der Waals surface area contributed by atoms with Crippen LogP contribution in [0.4, 0.5) is 5.69 Å². The molecular formula is C11H14N2O3. The van der Waals surface area contributed by atoms with Crippen LogP contribution in [-0.2, 0) is 16.2 Å². The van der Waals surface area contributed by atoms with Gasteiger partial charge in [0.2, 0.25) is 5.78 Å². The van der Waals surface area contributed by atoms with Crippen LogP contribution in [-0.4, -0.2) is 23.3 Å². The fourth-order valence-electron chi connectivity index (χ4n) is 1.25. The molecule has 0 fully saturated rings. The molecule has 0 radical (unpaired) electrons. The van der Waals surface area contributed by atoms with E-state index >= 15 is 0 Å². The van der Waals surface area contributed by atoms with Crippen LogP contribution in [0.5, 0.6) is 0 Å². The summed E-state index contributed by atoms with van der Waals surface area (Å²) in [6.45, 7) is 1.41. The van der Waals surface area contributed by atoms with Gasteiger partial charge in [-0.3, -0.25) is 9.59 Å². The maximum absolute atomic E-state index is 11.3. The molecule has 1 rings (SSSR count). The molecule has 0 atom stereocenters. The second-order valence-electron chi connectivity index (χ2n) is 3.39. The van der Waals surface area contributed by atoms with Crippen LogP contribution in [0.1, 0.15) is 11.1 Å². The highest BCUT2D eigenvalue weighted by Gasteiger charge is 2.12. The van der Waals surface area contributed by atoms with Gasteiger partial charge in [0, 0.05) is 5.69 Å². The van der Waals surface area contributed by atoms with E-state index in [-0.39, 0.29) is 13.2 Å². The Bertz CT molecular complexity index is 416. The normalized spacial score (nSPS) is 9.94. The van der Waals surface area contributed by atoms with E-state index in [2.05, 4.69) is 5.32 Å². The zero-order valence-corrected chi connectivity index (χ0v) is 8.99. The first-order valence-corrected chi connectivity index (χ1v) is 4.83. The molecule has 0 heterocycles. The average molecular weight is 222 g/mol. The molecule has 0 aliphatic rings. The standard InChI is InChI=1S/C11H14N2O3/c1-7-4-8(6-14)2-3-9(7)13-11(16)10(15)5-12/h2-4,14H,5-6,12H2,1H3,(H,13,16). The maximum atomic E-state index is 11.3. The molecule has 0 aliphatic carbocycles. The first-order valence-electron chi connectivity index (χ1n) is 4.83. The van der Waals surface area contributed by atoms with Crippen LogP contribution in [0.15, 0.2) is 18.2 Å². The number of carbonyl (C=O) groups excluding carboxylic acids is 2. The van der Waals surface area contributed by atoms with Gasteiger partial charge in [0.1, 0.15) is 0 Å². The average Bonchev–Trinajstić information content (AvgIpc) is 2.30. The number of amides is 1. The lowest BCUT2D eigenvalue weighted by atomic mass is 10.1. The molecule has 0 aliphatic heterocycles. The third-order valence-electron chi connectivity index (χ3n) is 2.16. The largest absolute Gasteiger partial charge is 0.392 e. The number of Topliss-reactive ketones (excluding diaryl/α,β-unsaturated/α-hetero) is 1. The summed E-state index contributed by atoms with van der Waals surface area (Å²) in [5.74, 6) is -1.38. The summed E-state index contributed by atoms with van der Waals surface area (Å²) in [5, 5.41) is 11.4. The number of benzene rings is 1. The molecule has 86 valence electrons. The lowest BCUT2D eigenvalue weighted by Gasteiger charge is -2.08. The number of aryl methyl sites for hydroxylation is 1. The quantitative estimate of drug-likeness (QED) is 0.623. The Morgan fingerprint density at radius 1 is 1.44 bits per heavy atom. The molecule has 16 heavy (non-hydrogen) atoms. The number of hydrogen-bond donors (Lipinski definition) is 3. The molecule has 5 nitrogen and oxygen atoms in total. The molecule has 4 N–H and O–H groups in total. The van der Waals surface area contributed by atoms with E-state index in [9.17, 15) is 9.59 Å². The number of ketones is 1. The molecule has 0 unspecified atom stereocenters. The zero-order valence-electron chi connectivity index (χ0n) is 8.99. The van der Waals surface area contributed by atoms with Crippen LogP contribution >= 0.6 is 0 Å². The van der Waals surface area contributed by atoms with Gasteiger partial charge in [0.05, 0.1) is 13.2 Å². The molecule has 0 aromatic heterocycles. The number of hydrogen-bond acceptors (Lipinski definition) is 4. The van der Waals surface area contributed by atoms with E-state index < -0.39 is 11.7 Å². The Morgan fingerprint density at radius 2 is 2.12 bits per heavy atom. The predicted molar refractivity (Wildman–Crippen MR) is 59.8 cm³/mol. The number of aliphatic hydroxyl groups excluding tert-OH is 1. The van der Waals surface area contributed by atoms with Crippen molar-refractivity contribution < 1.29 is 14.7 Å². The first kappa shape index (κ1) is 12.4. The highest BCUT2D eigenvalue weighted by Crippen LogP contribution is 2.16. The number of nitrogens with one attached hydrogen (secondary N) is 1. The van der Waals surface area contributed by atoms with Crippen molar-refractivity contribution >= 4 is 17.4 Å². The summed E-state index contributed by atoms with van der Waals surface area (Å²) in [4.78, 5) is 22.2. The number of rotatable bonds is 4. The van der Waals surface area contributed by atoms with Crippen molar-refractivity contribution in [2.24, 2.45) is 5.73 Å². The highest BCUT2D eigenvalue weighted by molar-refractivity contribution is 6.41. The van der Waals surface area contributed by atoms with Crippen molar-refractivity contribution in [1.29, 1.82) is 0 Å². The van der Waals surface area contributed by atoms with Crippen LogP contribution in [0.3, 0.4) is 0 Å². The molecule has 1 aromatic rings. The molecule has 0 bridgehead atoms. The second kappa shape index (κ2) is 5.39. The monoisotopic (exact) mass is 222 g/mol. The molecule has 0 saturated carbocycles. The Hall–Kier alpha value is -1.72. The number of carbonyl (C=O) groups is 2. The van der Waals surface area contributed by atoms with Gasteiger partial charge in [-0.2, -0.15) is 0 Å². The van der Waals surface area contributed by atoms with Gasteiger partial charge in [-0.15, -0.1) is 0 Å². The van der Waals surface area contributed by atoms with Crippen LogP contribution in [0, 0.1) is 6.92 Å². The van der Waals surface area contributed by atoms with Gasteiger partial charge in [-0.05, 0) is 24.1 Å². The van der Waals surface area contributed by atoms with E-state index in [0.717, 1.165) is 11.1 Å². The molecular weight excluding hydrogens is 208 g/mol. The molecule has 0 spiro atoms. The van der Waals surface area contributed by atoms with Gasteiger partial charge < -0.3 is 16.2 Å². The summed E-state index contributed by atoms with van der Waals surface area (Å²) in [7, 11) is 0. The Labute approximate surface area is 93.3 Å². The minimum absolute atomic E-state index is 0.0587. The van der Waals surface area contributed by atoms with Crippen molar-refractivity contribution in [3.8, 4) is 0 Å².